The largest absolute Gasteiger partial charge is 0.507 e. The van der Waals surface area contributed by atoms with Crippen LogP contribution in [0.25, 0.3) is 5.76 Å². The number of aliphatic hydroxyl groups excluding tert-OH is 1. The first-order valence-electron chi connectivity index (χ1n) is 10.5. The Morgan fingerprint density at radius 2 is 1.44 bits per heavy atom. The van der Waals surface area contributed by atoms with E-state index in [1.54, 1.807) is 12.1 Å². The Balaban J connectivity index is 1.94. The SMILES string of the molecule is COc1ccc(/C(O)=C2\C(=O)C(=O)N(c3ccc(O)c(C(=O)O)c3)C2c2ccc(C(=O)O)cc2)cc1. The number of Topliss-reactive ketones (excluding diaryl/α,β-unsaturated/α-hetero) is 1. The molecule has 0 saturated carbocycles. The molecule has 10 heteroatoms. The molecule has 3 aromatic carbocycles. The molecule has 0 bridgehead atoms. The number of hydrogen-bond acceptors (Lipinski definition) is 7. The minimum absolute atomic E-state index is 0.0200. The molecule has 1 aliphatic heterocycles. The summed E-state index contributed by atoms with van der Waals surface area (Å²) < 4.78 is 5.11. The van der Waals surface area contributed by atoms with E-state index in [1.807, 2.05) is 0 Å². The number of ether oxygens (including phenoxy) is 1. The van der Waals surface area contributed by atoms with E-state index in [-0.39, 0.29) is 22.4 Å². The highest BCUT2D eigenvalue weighted by molar-refractivity contribution is 6.51. The van der Waals surface area contributed by atoms with Crippen molar-refractivity contribution in [1.82, 2.24) is 0 Å². The molecule has 1 unspecified atom stereocenters. The number of carbonyl (C=O) groups excluding carboxylic acids is 2. The smallest absolute Gasteiger partial charge is 0.339 e. The molecule has 0 radical (unpaired) electrons. The van der Waals surface area contributed by atoms with Gasteiger partial charge < -0.3 is 25.2 Å². The molecule has 4 rings (SSSR count). The van der Waals surface area contributed by atoms with Gasteiger partial charge in [0.25, 0.3) is 11.7 Å². The fourth-order valence-corrected chi connectivity index (χ4v) is 3.97. The minimum Gasteiger partial charge on any atom is -0.507 e. The molecule has 1 amide bonds. The van der Waals surface area contributed by atoms with Gasteiger partial charge in [0.2, 0.25) is 0 Å². The number of carboxylic acid groups (broad SMARTS) is 2. The van der Waals surface area contributed by atoms with Crippen LogP contribution in [-0.2, 0) is 9.59 Å². The van der Waals surface area contributed by atoms with Gasteiger partial charge in [-0.15, -0.1) is 0 Å². The van der Waals surface area contributed by atoms with Crippen LogP contribution >= 0.6 is 0 Å². The van der Waals surface area contributed by atoms with Gasteiger partial charge in [0.05, 0.1) is 24.3 Å². The lowest BCUT2D eigenvalue weighted by molar-refractivity contribution is -0.132. The first-order valence-corrected chi connectivity index (χ1v) is 10.5. The van der Waals surface area contributed by atoms with Crippen molar-refractivity contribution in [2.45, 2.75) is 6.04 Å². The monoisotopic (exact) mass is 489 g/mol. The summed E-state index contributed by atoms with van der Waals surface area (Å²) in [6.07, 6.45) is 0. The van der Waals surface area contributed by atoms with Crippen LogP contribution in [-0.4, -0.2) is 51.2 Å². The zero-order valence-electron chi connectivity index (χ0n) is 18.7. The first-order chi connectivity index (χ1) is 17.1. The molecule has 1 heterocycles. The number of amides is 1. The minimum atomic E-state index is -1.45. The highest BCUT2D eigenvalue weighted by Gasteiger charge is 2.47. The number of anilines is 1. The average molecular weight is 489 g/mol. The standard InChI is InChI=1S/C26H19NO9/c1-36-17-9-6-14(7-10-17)22(29)20-21(13-2-4-15(5-3-13)25(32)33)27(24(31)23(20)30)16-8-11-19(28)18(12-16)26(34)35/h2-12,21,28-29H,1H3,(H,32,33)(H,34,35)/b22-20+. The lowest BCUT2D eigenvalue weighted by Crippen LogP contribution is -2.29. The number of aliphatic hydroxyl groups is 1. The summed E-state index contributed by atoms with van der Waals surface area (Å²) in [6, 6.07) is 13.6. The normalized spacial score (nSPS) is 16.7. The van der Waals surface area contributed by atoms with E-state index in [0.717, 1.165) is 17.0 Å². The summed E-state index contributed by atoms with van der Waals surface area (Å²) in [5, 5.41) is 39.6. The molecule has 3 aromatic rings. The predicted molar refractivity (Wildman–Crippen MR) is 126 cm³/mol. The van der Waals surface area contributed by atoms with E-state index >= 15 is 0 Å². The Kier molecular flexibility index (Phi) is 6.18. The van der Waals surface area contributed by atoms with Crippen LogP contribution in [0.1, 0.15) is 37.9 Å². The zero-order valence-corrected chi connectivity index (χ0v) is 18.7. The number of rotatable bonds is 6. The summed E-state index contributed by atoms with van der Waals surface area (Å²) in [7, 11) is 1.46. The fourth-order valence-electron chi connectivity index (χ4n) is 3.97. The van der Waals surface area contributed by atoms with Gasteiger partial charge in [-0.05, 0) is 60.2 Å². The second-order valence-electron chi connectivity index (χ2n) is 7.83. The van der Waals surface area contributed by atoms with Gasteiger partial charge in [-0.2, -0.15) is 0 Å². The zero-order chi connectivity index (χ0) is 26.1. The van der Waals surface area contributed by atoms with Crippen molar-refractivity contribution in [2.24, 2.45) is 0 Å². The molecule has 36 heavy (non-hydrogen) atoms. The molecule has 4 N–H and O–H groups in total. The van der Waals surface area contributed by atoms with Crippen LogP contribution < -0.4 is 9.64 Å². The number of carbonyl (C=O) groups is 4. The van der Waals surface area contributed by atoms with Crippen molar-refractivity contribution in [1.29, 1.82) is 0 Å². The highest BCUT2D eigenvalue weighted by Crippen LogP contribution is 2.43. The van der Waals surface area contributed by atoms with Crippen molar-refractivity contribution in [2.75, 3.05) is 12.0 Å². The summed E-state index contributed by atoms with van der Waals surface area (Å²) in [5.41, 5.74) is -0.322. The van der Waals surface area contributed by atoms with Gasteiger partial charge >= 0.3 is 11.9 Å². The Morgan fingerprint density at radius 1 is 0.833 bits per heavy atom. The van der Waals surface area contributed by atoms with Crippen molar-refractivity contribution >= 4 is 35.1 Å². The van der Waals surface area contributed by atoms with Crippen LogP contribution in [0.15, 0.2) is 72.3 Å². The topological polar surface area (TPSA) is 162 Å². The van der Waals surface area contributed by atoms with E-state index in [0.29, 0.717) is 11.3 Å². The summed E-state index contributed by atoms with van der Waals surface area (Å²) in [6.45, 7) is 0. The van der Waals surface area contributed by atoms with Gasteiger partial charge in [-0.25, -0.2) is 9.59 Å². The van der Waals surface area contributed by atoms with Gasteiger partial charge in [0, 0.05) is 11.3 Å². The van der Waals surface area contributed by atoms with Crippen LogP contribution in [0, 0.1) is 0 Å². The molecule has 1 saturated heterocycles. The van der Waals surface area contributed by atoms with Crippen molar-refractivity contribution in [3.8, 4) is 11.5 Å². The van der Waals surface area contributed by atoms with Crippen LogP contribution in [0.3, 0.4) is 0 Å². The van der Waals surface area contributed by atoms with Crippen LogP contribution in [0.4, 0.5) is 5.69 Å². The molecule has 0 aliphatic carbocycles. The van der Waals surface area contributed by atoms with Gasteiger partial charge in [0.1, 0.15) is 22.8 Å². The lowest BCUT2D eigenvalue weighted by atomic mass is 9.94. The molecular formula is C26H19NO9. The Bertz CT molecular complexity index is 1420. The van der Waals surface area contributed by atoms with E-state index in [9.17, 15) is 39.6 Å². The van der Waals surface area contributed by atoms with Gasteiger partial charge in [-0.3, -0.25) is 14.5 Å². The molecule has 0 aromatic heterocycles. The molecule has 10 nitrogen and oxygen atoms in total. The summed E-state index contributed by atoms with van der Waals surface area (Å²) >= 11 is 0. The Labute approximate surface area is 203 Å². The van der Waals surface area contributed by atoms with E-state index in [4.69, 9.17) is 4.74 Å². The first kappa shape index (κ1) is 24.0. The average Bonchev–Trinajstić information content (AvgIpc) is 3.14. The maximum atomic E-state index is 13.2. The molecule has 1 atom stereocenters. The molecule has 1 fully saturated rings. The third kappa shape index (κ3) is 4.11. The maximum Gasteiger partial charge on any atom is 0.339 e. The number of ketones is 1. The number of aromatic carboxylic acids is 2. The van der Waals surface area contributed by atoms with Crippen molar-refractivity contribution < 1.29 is 44.3 Å². The lowest BCUT2D eigenvalue weighted by Gasteiger charge is -2.26. The molecular weight excluding hydrogens is 470 g/mol. The van der Waals surface area contributed by atoms with Crippen molar-refractivity contribution in [3.63, 3.8) is 0 Å². The third-order valence-electron chi connectivity index (χ3n) is 5.77. The number of benzene rings is 3. The molecule has 1 aliphatic rings. The van der Waals surface area contributed by atoms with Crippen LogP contribution in [0.5, 0.6) is 11.5 Å². The van der Waals surface area contributed by atoms with E-state index in [1.165, 1.54) is 49.6 Å². The summed E-state index contributed by atoms with van der Waals surface area (Å²) in [5.74, 6) is -5.23. The summed E-state index contributed by atoms with van der Waals surface area (Å²) in [4.78, 5) is 50.2. The predicted octanol–water partition coefficient (Wildman–Crippen LogP) is 3.42. The maximum absolute atomic E-state index is 13.2. The molecule has 0 spiro atoms. The number of aromatic hydroxyl groups is 1. The third-order valence-corrected chi connectivity index (χ3v) is 5.77. The van der Waals surface area contributed by atoms with Crippen LogP contribution in [0.2, 0.25) is 0 Å². The van der Waals surface area contributed by atoms with Gasteiger partial charge in [0.15, 0.2) is 0 Å². The fraction of sp³-hybridized carbons (Fsp3) is 0.0769. The van der Waals surface area contributed by atoms with Crippen molar-refractivity contribution in [3.05, 3.63) is 94.6 Å². The number of methoxy groups -OCH3 is 1. The number of nitrogens with zero attached hydrogens (tertiary/aromatic N) is 1. The second-order valence-corrected chi connectivity index (χ2v) is 7.83. The van der Waals surface area contributed by atoms with E-state index < -0.39 is 46.7 Å². The van der Waals surface area contributed by atoms with Gasteiger partial charge in [-0.1, -0.05) is 12.1 Å². The van der Waals surface area contributed by atoms with E-state index in [2.05, 4.69) is 0 Å². The number of phenols is 1. The Morgan fingerprint density at radius 3 is 2.00 bits per heavy atom. The second kappa shape index (κ2) is 9.26. The number of carboxylic acids is 2. The molecule has 182 valence electrons. The number of hydrogen-bond donors (Lipinski definition) is 4. The Hall–Kier alpha value is -5.12. The highest BCUT2D eigenvalue weighted by atomic mass is 16.5. The quantitative estimate of drug-likeness (QED) is 0.231.